The third-order valence-corrected chi connectivity index (χ3v) is 3.36. The minimum absolute atomic E-state index is 0.00364. The van der Waals surface area contributed by atoms with E-state index in [0.717, 1.165) is 25.9 Å². The van der Waals surface area contributed by atoms with Gasteiger partial charge in [-0.15, -0.1) is 0 Å². The number of carboxylic acids is 1. The summed E-state index contributed by atoms with van der Waals surface area (Å²) in [5.41, 5.74) is 0. The SMILES string of the molecule is CCCC1CCN(C(=O)NCCCCC(=O)O)C1. The molecule has 1 aliphatic rings. The largest absolute Gasteiger partial charge is 0.481 e. The first-order valence-corrected chi connectivity index (χ1v) is 6.88. The van der Waals surface area contributed by atoms with Crippen LogP contribution >= 0.6 is 0 Å². The summed E-state index contributed by atoms with van der Waals surface area (Å²) in [6, 6.07) is 0.00364. The highest BCUT2D eigenvalue weighted by molar-refractivity contribution is 5.74. The molecule has 0 aromatic heterocycles. The van der Waals surface area contributed by atoms with Gasteiger partial charge in [-0.05, 0) is 31.6 Å². The summed E-state index contributed by atoms with van der Waals surface area (Å²) in [5, 5.41) is 11.3. The number of amides is 2. The fourth-order valence-corrected chi connectivity index (χ4v) is 2.37. The minimum atomic E-state index is -0.775. The molecular weight excluding hydrogens is 232 g/mol. The van der Waals surface area contributed by atoms with Crippen molar-refractivity contribution in [1.29, 1.82) is 0 Å². The summed E-state index contributed by atoms with van der Waals surface area (Å²) < 4.78 is 0. The summed E-state index contributed by atoms with van der Waals surface area (Å²) in [6.45, 7) is 4.46. The maximum Gasteiger partial charge on any atom is 0.317 e. The Balaban J connectivity index is 2.08. The number of hydrogen-bond acceptors (Lipinski definition) is 2. The van der Waals surface area contributed by atoms with Crippen molar-refractivity contribution in [2.45, 2.75) is 45.4 Å². The van der Waals surface area contributed by atoms with Gasteiger partial charge in [-0.2, -0.15) is 0 Å². The van der Waals surface area contributed by atoms with E-state index in [9.17, 15) is 9.59 Å². The van der Waals surface area contributed by atoms with Gasteiger partial charge in [0.25, 0.3) is 0 Å². The number of hydrogen-bond donors (Lipinski definition) is 2. The second-order valence-corrected chi connectivity index (χ2v) is 4.97. The Kier molecular flexibility index (Phi) is 6.54. The highest BCUT2D eigenvalue weighted by Gasteiger charge is 2.24. The van der Waals surface area contributed by atoms with Crippen molar-refractivity contribution in [2.24, 2.45) is 5.92 Å². The number of nitrogens with zero attached hydrogens (tertiary/aromatic N) is 1. The second-order valence-electron chi connectivity index (χ2n) is 4.97. The molecule has 5 heteroatoms. The summed E-state index contributed by atoms with van der Waals surface area (Å²) in [7, 11) is 0. The molecule has 1 heterocycles. The Hall–Kier alpha value is -1.26. The molecule has 0 spiro atoms. The summed E-state index contributed by atoms with van der Waals surface area (Å²) in [5.74, 6) is -0.115. The topological polar surface area (TPSA) is 69.6 Å². The van der Waals surface area contributed by atoms with Gasteiger partial charge in [0, 0.05) is 26.1 Å². The second kappa shape index (κ2) is 7.95. The lowest BCUT2D eigenvalue weighted by Crippen LogP contribution is -2.38. The van der Waals surface area contributed by atoms with Gasteiger partial charge in [-0.25, -0.2) is 4.79 Å². The van der Waals surface area contributed by atoms with Crippen LogP contribution in [0.15, 0.2) is 0 Å². The highest BCUT2D eigenvalue weighted by Crippen LogP contribution is 2.20. The first-order chi connectivity index (χ1) is 8.63. The van der Waals surface area contributed by atoms with Crippen molar-refractivity contribution in [2.75, 3.05) is 19.6 Å². The van der Waals surface area contributed by atoms with Crippen LogP contribution < -0.4 is 5.32 Å². The van der Waals surface area contributed by atoms with E-state index in [1.165, 1.54) is 12.8 Å². The van der Waals surface area contributed by atoms with E-state index >= 15 is 0 Å². The molecule has 0 aromatic carbocycles. The van der Waals surface area contributed by atoms with Gasteiger partial charge < -0.3 is 15.3 Å². The van der Waals surface area contributed by atoms with E-state index in [4.69, 9.17) is 5.11 Å². The van der Waals surface area contributed by atoms with Gasteiger partial charge in [0.15, 0.2) is 0 Å². The van der Waals surface area contributed by atoms with E-state index in [2.05, 4.69) is 12.2 Å². The van der Waals surface area contributed by atoms with E-state index in [-0.39, 0.29) is 12.5 Å². The van der Waals surface area contributed by atoms with Crippen LogP contribution in [0.2, 0.25) is 0 Å². The van der Waals surface area contributed by atoms with Crippen molar-refractivity contribution in [1.82, 2.24) is 10.2 Å². The fourth-order valence-electron chi connectivity index (χ4n) is 2.37. The Labute approximate surface area is 109 Å². The quantitative estimate of drug-likeness (QED) is 0.685. The minimum Gasteiger partial charge on any atom is -0.481 e. The number of nitrogens with one attached hydrogen (secondary N) is 1. The van der Waals surface area contributed by atoms with E-state index in [1.807, 2.05) is 4.90 Å². The Bertz CT molecular complexity index is 281. The zero-order chi connectivity index (χ0) is 13.4. The number of unbranched alkanes of at least 4 members (excludes halogenated alkanes) is 1. The van der Waals surface area contributed by atoms with Crippen LogP contribution in [0.3, 0.4) is 0 Å². The predicted molar refractivity (Wildman–Crippen MR) is 69.5 cm³/mol. The Morgan fingerprint density at radius 1 is 1.39 bits per heavy atom. The van der Waals surface area contributed by atoms with Crippen molar-refractivity contribution in [3.63, 3.8) is 0 Å². The fraction of sp³-hybridized carbons (Fsp3) is 0.846. The first kappa shape index (κ1) is 14.8. The normalized spacial score (nSPS) is 18.9. The molecule has 104 valence electrons. The molecule has 0 saturated carbocycles. The molecule has 1 rings (SSSR count). The number of likely N-dealkylation sites (tertiary alicyclic amines) is 1. The number of carbonyl (C=O) groups excluding carboxylic acids is 1. The molecule has 0 aliphatic carbocycles. The summed E-state index contributed by atoms with van der Waals surface area (Å²) in [4.78, 5) is 24.0. The maximum absolute atomic E-state index is 11.8. The standard InChI is InChI=1S/C13H24N2O3/c1-2-5-11-7-9-15(10-11)13(18)14-8-4-3-6-12(16)17/h11H,2-10H2,1H3,(H,14,18)(H,16,17). The predicted octanol–water partition coefficient (Wildman–Crippen LogP) is 2.07. The molecular formula is C13H24N2O3. The van der Waals surface area contributed by atoms with Crippen LogP contribution in [0.25, 0.3) is 0 Å². The molecule has 18 heavy (non-hydrogen) atoms. The van der Waals surface area contributed by atoms with Crippen molar-refractivity contribution in [3.8, 4) is 0 Å². The van der Waals surface area contributed by atoms with Gasteiger partial charge in [-0.1, -0.05) is 13.3 Å². The molecule has 1 aliphatic heterocycles. The number of urea groups is 1. The van der Waals surface area contributed by atoms with Crippen LogP contribution in [0, 0.1) is 5.92 Å². The smallest absolute Gasteiger partial charge is 0.317 e. The Morgan fingerprint density at radius 3 is 2.83 bits per heavy atom. The zero-order valence-electron chi connectivity index (χ0n) is 11.2. The molecule has 1 unspecified atom stereocenters. The van der Waals surface area contributed by atoms with Crippen LogP contribution in [0.4, 0.5) is 4.79 Å². The lowest BCUT2D eigenvalue weighted by atomic mass is 10.0. The van der Waals surface area contributed by atoms with E-state index < -0.39 is 5.97 Å². The number of rotatable bonds is 7. The molecule has 5 nitrogen and oxygen atoms in total. The number of carboxylic acid groups (broad SMARTS) is 1. The molecule has 1 fully saturated rings. The molecule has 0 aromatic rings. The van der Waals surface area contributed by atoms with Gasteiger partial charge in [0.2, 0.25) is 0 Å². The Morgan fingerprint density at radius 2 is 2.17 bits per heavy atom. The summed E-state index contributed by atoms with van der Waals surface area (Å²) >= 11 is 0. The maximum atomic E-state index is 11.8. The van der Waals surface area contributed by atoms with Crippen LogP contribution in [-0.4, -0.2) is 41.6 Å². The molecule has 0 radical (unpaired) electrons. The van der Waals surface area contributed by atoms with Gasteiger partial charge in [-0.3, -0.25) is 4.79 Å². The van der Waals surface area contributed by atoms with Crippen LogP contribution in [-0.2, 0) is 4.79 Å². The average molecular weight is 256 g/mol. The van der Waals surface area contributed by atoms with Crippen molar-refractivity contribution < 1.29 is 14.7 Å². The lowest BCUT2D eigenvalue weighted by Gasteiger charge is -2.17. The molecule has 0 bridgehead atoms. The average Bonchev–Trinajstić information content (AvgIpc) is 2.77. The molecule has 1 saturated heterocycles. The van der Waals surface area contributed by atoms with Gasteiger partial charge in [0.05, 0.1) is 0 Å². The third kappa shape index (κ3) is 5.38. The highest BCUT2D eigenvalue weighted by atomic mass is 16.4. The van der Waals surface area contributed by atoms with Crippen LogP contribution in [0.1, 0.15) is 45.4 Å². The lowest BCUT2D eigenvalue weighted by molar-refractivity contribution is -0.137. The number of carbonyl (C=O) groups is 2. The zero-order valence-corrected chi connectivity index (χ0v) is 11.2. The van der Waals surface area contributed by atoms with Crippen molar-refractivity contribution >= 4 is 12.0 Å². The van der Waals surface area contributed by atoms with E-state index in [1.54, 1.807) is 0 Å². The van der Waals surface area contributed by atoms with Crippen molar-refractivity contribution in [3.05, 3.63) is 0 Å². The molecule has 1 atom stereocenters. The molecule has 2 amide bonds. The summed E-state index contributed by atoms with van der Waals surface area (Å²) in [6.07, 6.45) is 5.01. The monoisotopic (exact) mass is 256 g/mol. The van der Waals surface area contributed by atoms with Crippen LogP contribution in [0.5, 0.6) is 0 Å². The van der Waals surface area contributed by atoms with E-state index in [0.29, 0.717) is 18.9 Å². The molecule has 2 N–H and O–H groups in total. The van der Waals surface area contributed by atoms with Gasteiger partial charge in [0.1, 0.15) is 0 Å². The number of aliphatic carboxylic acids is 1. The third-order valence-electron chi connectivity index (χ3n) is 3.36. The van der Waals surface area contributed by atoms with Gasteiger partial charge >= 0.3 is 12.0 Å². The first-order valence-electron chi connectivity index (χ1n) is 6.88.